The van der Waals surface area contributed by atoms with Gasteiger partial charge in [0.2, 0.25) is 5.91 Å². The second-order valence-corrected chi connectivity index (χ2v) is 5.43. The van der Waals surface area contributed by atoms with Gasteiger partial charge in [0, 0.05) is 6.54 Å². The number of amides is 1. The molecule has 0 unspecified atom stereocenters. The number of hydrogen-bond acceptors (Lipinski definition) is 2. The Bertz CT molecular complexity index is 681. The second-order valence-electron chi connectivity index (χ2n) is 5.43. The molecule has 1 heterocycles. The molecule has 0 radical (unpaired) electrons. The summed E-state index contributed by atoms with van der Waals surface area (Å²) in [6, 6.07) is 21.7. The van der Waals surface area contributed by atoms with Gasteiger partial charge in [-0.2, -0.15) is 0 Å². The number of nitrogens with one attached hydrogen (secondary N) is 1. The van der Waals surface area contributed by atoms with Gasteiger partial charge in [-0.25, -0.2) is 0 Å². The van der Waals surface area contributed by atoms with Crippen molar-refractivity contribution in [2.75, 3.05) is 6.54 Å². The Hall–Kier alpha value is -2.81. The predicted molar refractivity (Wildman–Crippen MR) is 90.1 cm³/mol. The SMILES string of the molecule is O=C(NCCc1ccoc1)C(c1ccccc1)c1ccccc1. The maximum atomic E-state index is 12.7. The lowest BCUT2D eigenvalue weighted by molar-refractivity contribution is -0.121. The van der Waals surface area contributed by atoms with Gasteiger partial charge in [-0.3, -0.25) is 4.79 Å². The highest BCUT2D eigenvalue weighted by atomic mass is 16.3. The Morgan fingerprint density at radius 2 is 1.52 bits per heavy atom. The standard InChI is InChI=1S/C20H19NO2/c22-20(21-13-11-16-12-14-23-15-16)19(17-7-3-1-4-8-17)18-9-5-2-6-10-18/h1-10,12,14-15,19H,11,13H2,(H,21,22). The van der Waals surface area contributed by atoms with E-state index in [1.807, 2.05) is 66.7 Å². The molecule has 0 fully saturated rings. The van der Waals surface area contributed by atoms with Crippen LogP contribution in [-0.2, 0) is 11.2 Å². The normalized spacial score (nSPS) is 10.7. The van der Waals surface area contributed by atoms with E-state index < -0.39 is 0 Å². The van der Waals surface area contributed by atoms with Gasteiger partial charge in [-0.1, -0.05) is 60.7 Å². The largest absolute Gasteiger partial charge is 0.472 e. The topological polar surface area (TPSA) is 42.2 Å². The van der Waals surface area contributed by atoms with Crippen LogP contribution in [0.2, 0.25) is 0 Å². The van der Waals surface area contributed by atoms with E-state index >= 15 is 0 Å². The zero-order chi connectivity index (χ0) is 15.9. The van der Waals surface area contributed by atoms with Crippen LogP contribution in [0, 0.1) is 0 Å². The highest BCUT2D eigenvalue weighted by Crippen LogP contribution is 2.24. The van der Waals surface area contributed by atoms with Crippen molar-refractivity contribution in [2.45, 2.75) is 12.3 Å². The Labute approximate surface area is 136 Å². The van der Waals surface area contributed by atoms with Gasteiger partial charge < -0.3 is 9.73 Å². The van der Waals surface area contributed by atoms with E-state index in [2.05, 4.69) is 5.32 Å². The van der Waals surface area contributed by atoms with E-state index in [-0.39, 0.29) is 11.8 Å². The summed E-state index contributed by atoms with van der Waals surface area (Å²) in [5.74, 6) is -0.271. The van der Waals surface area contributed by atoms with Crippen LogP contribution in [0.15, 0.2) is 83.7 Å². The van der Waals surface area contributed by atoms with Gasteiger partial charge in [0.25, 0.3) is 0 Å². The van der Waals surface area contributed by atoms with Crippen LogP contribution < -0.4 is 5.32 Å². The molecule has 0 aliphatic heterocycles. The molecule has 0 saturated carbocycles. The number of carbonyl (C=O) groups is 1. The summed E-state index contributed by atoms with van der Waals surface area (Å²) >= 11 is 0. The van der Waals surface area contributed by atoms with Gasteiger partial charge in [0.05, 0.1) is 18.4 Å². The van der Waals surface area contributed by atoms with E-state index in [4.69, 9.17) is 4.42 Å². The fourth-order valence-corrected chi connectivity index (χ4v) is 2.65. The fraction of sp³-hybridized carbons (Fsp3) is 0.150. The van der Waals surface area contributed by atoms with Gasteiger partial charge in [-0.15, -0.1) is 0 Å². The Morgan fingerprint density at radius 3 is 2.04 bits per heavy atom. The van der Waals surface area contributed by atoms with Crippen molar-refractivity contribution in [3.63, 3.8) is 0 Å². The summed E-state index contributed by atoms with van der Waals surface area (Å²) in [5, 5.41) is 3.04. The third-order valence-electron chi connectivity index (χ3n) is 3.82. The van der Waals surface area contributed by atoms with Crippen molar-refractivity contribution >= 4 is 5.91 Å². The van der Waals surface area contributed by atoms with Gasteiger partial charge in [0.1, 0.15) is 0 Å². The van der Waals surface area contributed by atoms with E-state index in [0.29, 0.717) is 6.54 Å². The molecule has 1 amide bonds. The van der Waals surface area contributed by atoms with Crippen molar-refractivity contribution < 1.29 is 9.21 Å². The Morgan fingerprint density at radius 1 is 0.913 bits per heavy atom. The number of hydrogen-bond donors (Lipinski definition) is 1. The fourth-order valence-electron chi connectivity index (χ4n) is 2.65. The summed E-state index contributed by atoms with van der Waals surface area (Å²) in [6.45, 7) is 0.592. The van der Waals surface area contributed by atoms with Gasteiger partial charge in [0.15, 0.2) is 0 Å². The molecule has 0 spiro atoms. The summed E-state index contributed by atoms with van der Waals surface area (Å²) in [4.78, 5) is 12.7. The van der Waals surface area contributed by atoms with Gasteiger partial charge >= 0.3 is 0 Å². The van der Waals surface area contributed by atoms with Crippen molar-refractivity contribution in [3.05, 3.63) is 95.9 Å². The maximum Gasteiger partial charge on any atom is 0.232 e. The number of carbonyl (C=O) groups excluding carboxylic acids is 1. The molecule has 0 bridgehead atoms. The molecule has 0 aliphatic carbocycles. The van der Waals surface area contributed by atoms with Crippen LogP contribution in [0.25, 0.3) is 0 Å². The van der Waals surface area contributed by atoms with E-state index in [1.165, 1.54) is 0 Å². The lowest BCUT2D eigenvalue weighted by Crippen LogP contribution is -2.31. The maximum absolute atomic E-state index is 12.7. The van der Waals surface area contributed by atoms with Crippen molar-refractivity contribution in [2.24, 2.45) is 0 Å². The molecule has 1 N–H and O–H groups in total. The zero-order valence-corrected chi connectivity index (χ0v) is 12.8. The first-order chi connectivity index (χ1) is 11.3. The van der Waals surface area contributed by atoms with Crippen LogP contribution in [0.4, 0.5) is 0 Å². The minimum atomic E-state index is -0.290. The summed E-state index contributed by atoms with van der Waals surface area (Å²) in [6.07, 6.45) is 4.12. The average Bonchev–Trinajstić information content (AvgIpc) is 3.10. The molecule has 0 atom stereocenters. The lowest BCUT2D eigenvalue weighted by atomic mass is 9.90. The molecule has 3 nitrogen and oxygen atoms in total. The zero-order valence-electron chi connectivity index (χ0n) is 12.8. The number of rotatable bonds is 6. The molecule has 0 saturated heterocycles. The molecule has 3 rings (SSSR count). The highest BCUT2D eigenvalue weighted by molar-refractivity contribution is 5.87. The predicted octanol–water partition coefficient (Wildman–Crippen LogP) is 3.77. The minimum Gasteiger partial charge on any atom is -0.472 e. The van der Waals surface area contributed by atoms with Crippen LogP contribution in [-0.4, -0.2) is 12.5 Å². The summed E-state index contributed by atoms with van der Waals surface area (Å²) in [7, 11) is 0. The van der Waals surface area contributed by atoms with Gasteiger partial charge in [-0.05, 0) is 29.2 Å². The number of furan rings is 1. The molecule has 3 aromatic rings. The average molecular weight is 305 g/mol. The molecule has 3 heteroatoms. The van der Waals surface area contributed by atoms with E-state index in [0.717, 1.165) is 23.1 Å². The van der Waals surface area contributed by atoms with Crippen LogP contribution >= 0.6 is 0 Å². The molecule has 0 aliphatic rings. The Kier molecular flexibility index (Phi) is 4.89. The Balaban J connectivity index is 1.74. The molecular weight excluding hydrogens is 286 g/mol. The minimum absolute atomic E-state index is 0.0193. The van der Waals surface area contributed by atoms with Crippen molar-refractivity contribution in [3.8, 4) is 0 Å². The summed E-state index contributed by atoms with van der Waals surface area (Å²) < 4.78 is 5.05. The van der Waals surface area contributed by atoms with E-state index in [9.17, 15) is 4.79 Å². The highest BCUT2D eigenvalue weighted by Gasteiger charge is 2.21. The second kappa shape index (κ2) is 7.45. The van der Waals surface area contributed by atoms with Crippen LogP contribution in [0.1, 0.15) is 22.6 Å². The smallest absolute Gasteiger partial charge is 0.232 e. The molecular formula is C20H19NO2. The van der Waals surface area contributed by atoms with Crippen LogP contribution in [0.5, 0.6) is 0 Å². The third kappa shape index (κ3) is 3.89. The lowest BCUT2D eigenvalue weighted by Gasteiger charge is -2.17. The molecule has 23 heavy (non-hydrogen) atoms. The van der Waals surface area contributed by atoms with E-state index in [1.54, 1.807) is 12.5 Å². The first kappa shape index (κ1) is 15.1. The van der Waals surface area contributed by atoms with Crippen LogP contribution in [0.3, 0.4) is 0 Å². The quantitative estimate of drug-likeness (QED) is 0.753. The first-order valence-corrected chi connectivity index (χ1v) is 7.73. The van der Waals surface area contributed by atoms with Crippen molar-refractivity contribution in [1.82, 2.24) is 5.32 Å². The third-order valence-corrected chi connectivity index (χ3v) is 3.82. The molecule has 116 valence electrons. The monoisotopic (exact) mass is 305 g/mol. The molecule has 1 aromatic heterocycles. The molecule has 2 aromatic carbocycles. The summed E-state index contributed by atoms with van der Waals surface area (Å²) in [5.41, 5.74) is 3.08. The van der Waals surface area contributed by atoms with Crippen molar-refractivity contribution in [1.29, 1.82) is 0 Å². The first-order valence-electron chi connectivity index (χ1n) is 7.73. The number of benzene rings is 2.